The van der Waals surface area contributed by atoms with Crippen molar-refractivity contribution < 1.29 is 4.74 Å². The second-order valence-electron chi connectivity index (χ2n) is 4.79. The number of benzene rings is 1. The fraction of sp³-hybridized carbons (Fsp3) is 0.533. The second kappa shape index (κ2) is 9.34. The lowest BCUT2D eigenvalue weighted by atomic mass is 10.0. The number of para-hydroxylation sites is 1. The molecule has 0 bridgehead atoms. The molecule has 0 atom stereocenters. The van der Waals surface area contributed by atoms with Crippen LogP contribution in [0.5, 0.6) is 0 Å². The molecule has 1 aromatic rings. The van der Waals surface area contributed by atoms with Crippen LogP contribution in [-0.2, 0) is 4.74 Å². The van der Waals surface area contributed by atoms with Gasteiger partial charge in [0.2, 0.25) is 5.96 Å². The third-order valence-electron chi connectivity index (χ3n) is 2.89. The van der Waals surface area contributed by atoms with E-state index >= 15 is 0 Å². The van der Waals surface area contributed by atoms with E-state index in [-0.39, 0.29) is 0 Å². The molecule has 0 amide bonds. The Hall–Kier alpha value is -1.59. The number of nitrogens with one attached hydrogen (secondary N) is 2. The maximum atomic E-state index is 5.51. The Bertz CT molecular complexity index is 418. The van der Waals surface area contributed by atoms with Crippen LogP contribution in [-0.4, -0.2) is 25.7 Å². The van der Waals surface area contributed by atoms with Gasteiger partial charge in [0, 0.05) is 25.4 Å². The molecule has 0 saturated heterocycles. The quantitative estimate of drug-likeness (QED) is 0.235. The summed E-state index contributed by atoms with van der Waals surface area (Å²) in [5.41, 5.74) is 4.88. The van der Waals surface area contributed by atoms with Gasteiger partial charge in [0.1, 0.15) is 0 Å². The minimum absolute atomic E-state index is 0.440. The first-order chi connectivity index (χ1) is 9.69. The number of rotatable bonds is 7. The summed E-state index contributed by atoms with van der Waals surface area (Å²) in [5.74, 6) is 6.53. The van der Waals surface area contributed by atoms with Crippen molar-refractivity contribution in [3.05, 3.63) is 29.8 Å². The first-order valence-electron chi connectivity index (χ1n) is 7.13. The predicted octanol–water partition coefficient (Wildman–Crippen LogP) is 2.47. The fourth-order valence-corrected chi connectivity index (χ4v) is 1.86. The van der Waals surface area contributed by atoms with Gasteiger partial charge in [-0.15, -0.1) is 0 Å². The molecular weight excluding hydrogens is 252 g/mol. The van der Waals surface area contributed by atoms with Crippen molar-refractivity contribution in [2.45, 2.75) is 33.1 Å². The highest BCUT2D eigenvalue weighted by molar-refractivity contribution is 5.94. The molecule has 112 valence electrons. The maximum absolute atomic E-state index is 5.51. The van der Waals surface area contributed by atoms with Crippen molar-refractivity contribution in [1.29, 1.82) is 0 Å². The van der Waals surface area contributed by atoms with Crippen LogP contribution in [0, 0.1) is 0 Å². The van der Waals surface area contributed by atoms with Crippen molar-refractivity contribution in [2.75, 3.05) is 25.1 Å². The van der Waals surface area contributed by atoms with Gasteiger partial charge in [-0.3, -0.25) is 10.4 Å². The Kier molecular flexibility index (Phi) is 7.69. The standard InChI is InChI=1S/C15H26N4O/c1-4-20-11-7-10-17-15(19-16)18-14-9-6-5-8-13(14)12(2)3/h5-6,8-9,12H,4,7,10-11,16H2,1-3H3,(H2,17,18,19). The molecule has 0 fully saturated rings. The number of guanidine groups is 1. The van der Waals surface area contributed by atoms with E-state index in [1.807, 2.05) is 25.1 Å². The lowest BCUT2D eigenvalue weighted by Crippen LogP contribution is -2.36. The number of aliphatic imine (C=N–C) groups is 1. The molecule has 1 rings (SSSR count). The average Bonchev–Trinajstić information content (AvgIpc) is 2.46. The highest BCUT2D eigenvalue weighted by atomic mass is 16.5. The molecule has 0 aromatic heterocycles. The second-order valence-corrected chi connectivity index (χ2v) is 4.79. The van der Waals surface area contributed by atoms with Gasteiger partial charge in [-0.05, 0) is 30.9 Å². The van der Waals surface area contributed by atoms with Crippen LogP contribution >= 0.6 is 0 Å². The van der Waals surface area contributed by atoms with Crippen molar-refractivity contribution in [2.24, 2.45) is 10.8 Å². The summed E-state index contributed by atoms with van der Waals surface area (Å²) in [6, 6.07) is 8.17. The molecule has 5 nitrogen and oxygen atoms in total. The molecule has 0 aliphatic carbocycles. The topological polar surface area (TPSA) is 71.7 Å². The van der Waals surface area contributed by atoms with Gasteiger partial charge in [0.25, 0.3) is 0 Å². The smallest absolute Gasteiger partial charge is 0.210 e. The molecule has 0 spiro atoms. The highest BCUT2D eigenvalue weighted by Gasteiger charge is 2.07. The van der Waals surface area contributed by atoms with Gasteiger partial charge < -0.3 is 10.1 Å². The van der Waals surface area contributed by atoms with Gasteiger partial charge >= 0.3 is 0 Å². The van der Waals surface area contributed by atoms with Crippen LogP contribution in [0.25, 0.3) is 0 Å². The highest BCUT2D eigenvalue weighted by Crippen LogP contribution is 2.23. The zero-order valence-electron chi connectivity index (χ0n) is 12.6. The number of nitrogens with two attached hydrogens (primary N) is 1. The summed E-state index contributed by atoms with van der Waals surface area (Å²) in [6.07, 6.45) is 0.881. The summed E-state index contributed by atoms with van der Waals surface area (Å²) in [6.45, 7) is 8.45. The molecular formula is C15H26N4O. The van der Waals surface area contributed by atoms with Gasteiger partial charge in [0.15, 0.2) is 0 Å². The molecule has 4 N–H and O–H groups in total. The fourth-order valence-electron chi connectivity index (χ4n) is 1.86. The van der Waals surface area contributed by atoms with E-state index in [0.717, 1.165) is 25.3 Å². The van der Waals surface area contributed by atoms with Gasteiger partial charge in [-0.2, -0.15) is 0 Å². The van der Waals surface area contributed by atoms with E-state index < -0.39 is 0 Å². The van der Waals surface area contributed by atoms with Crippen molar-refractivity contribution in [3.8, 4) is 0 Å². The third-order valence-corrected chi connectivity index (χ3v) is 2.89. The first kappa shape index (κ1) is 16.5. The lowest BCUT2D eigenvalue weighted by molar-refractivity contribution is 0.146. The Balaban J connectivity index is 2.61. The van der Waals surface area contributed by atoms with Crippen LogP contribution in [0.4, 0.5) is 5.69 Å². The predicted molar refractivity (Wildman–Crippen MR) is 84.9 cm³/mol. The van der Waals surface area contributed by atoms with Crippen LogP contribution in [0.15, 0.2) is 29.3 Å². The van der Waals surface area contributed by atoms with Crippen LogP contribution in [0.2, 0.25) is 0 Å². The van der Waals surface area contributed by atoms with E-state index in [0.29, 0.717) is 18.4 Å². The number of nitrogens with zero attached hydrogens (tertiary/aromatic N) is 1. The Morgan fingerprint density at radius 1 is 1.35 bits per heavy atom. The SMILES string of the molecule is CCOCCCN=C(NN)Nc1ccccc1C(C)C. The Labute approximate surface area is 121 Å². The monoisotopic (exact) mass is 278 g/mol. The van der Waals surface area contributed by atoms with Crippen molar-refractivity contribution >= 4 is 11.6 Å². The largest absolute Gasteiger partial charge is 0.382 e. The summed E-state index contributed by atoms with van der Waals surface area (Å²) in [7, 11) is 0. The lowest BCUT2D eigenvalue weighted by Gasteiger charge is -2.15. The normalized spacial score (nSPS) is 11.8. The van der Waals surface area contributed by atoms with Gasteiger partial charge in [-0.1, -0.05) is 32.0 Å². The summed E-state index contributed by atoms with van der Waals surface area (Å²) >= 11 is 0. The number of hydrazine groups is 1. The van der Waals surface area contributed by atoms with Crippen LogP contribution < -0.4 is 16.6 Å². The molecule has 0 radical (unpaired) electrons. The van der Waals surface area contributed by atoms with E-state index in [2.05, 4.69) is 35.6 Å². The van der Waals surface area contributed by atoms with E-state index in [1.54, 1.807) is 0 Å². The average molecular weight is 278 g/mol. The zero-order valence-corrected chi connectivity index (χ0v) is 12.6. The van der Waals surface area contributed by atoms with Crippen LogP contribution in [0.3, 0.4) is 0 Å². The van der Waals surface area contributed by atoms with E-state index in [9.17, 15) is 0 Å². The maximum Gasteiger partial charge on any atom is 0.210 e. The Morgan fingerprint density at radius 2 is 2.10 bits per heavy atom. The molecule has 5 heteroatoms. The molecule has 0 unspecified atom stereocenters. The number of hydrogen-bond acceptors (Lipinski definition) is 3. The van der Waals surface area contributed by atoms with Crippen LogP contribution in [0.1, 0.15) is 38.7 Å². The molecule has 0 aliphatic heterocycles. The number of anilines is 1. The number of ether oxygens (including phenoxy) is 1. The van der Waals surface area contributed by atoms with E-state index in [1.165, 1.54) is 5.56 Å². The molecule has 0 heterocycles. The third kappa shape index (κ3) is 5.59. The zero-order chi connectivity index (χ0) is 14.8. The van der Waals surface area contributed by atoms with Crippen molar-refractivity contribution in [1.82, 2.24) is 5.43 Å². The molecule has 0 aliphatic rings. The summed E-state index contributed by atoms with van der Waals surface area (Å²) < 4.78 is 5.28. The summed E-state index contributed by atoms with van der Waals surface area (Å²) in [4.78, 5) is 4.40. The van der Waals surface area contributed by atoms with Crippen molar-refractivity contribution in [3.63, 3.8) is 0 Å². The summed E-state index contributed by atoms with van der Waals surface area (Å²) in [5, 5.41) is 3.24. The van der Waals surface area contributed by atoms with Gasteiger partial charge in [0.05, 0.1) is 0 Å². The minimum atomic E-state index is 0.440. The van der Waals surface area contributed by atoms with E-state index in [4.69, 9.17) is 10.6 Å². The number of hydrogen-bond donors (Lipinski definition) is 3. The Morgan fingerprint density at radius 3 is 2.75 bits per heavy atom. The first-order valence-corrected chi connectivity index (χ1v) is 7.13. The molecule has 1 aromatic carbocycles. The molecule has 0 saturated carbocycles. The minimum Gasteiger partial charge on any atom is -0.382 e. The molecule has 20 heavy (non-hydrogen) atoms. The van der Waals surface area contributed by atoms with Gasteiger partial charge in [-0.25, -0.2) is 5.84 Å².